The van der Waals surface area contributed by atoms with Gasteiger partial charge in [-0.2, -0.15) is 4.98 Å². The monoisotopic (exact) mass is 417 g/mol. The molecule has 0 aliphatic carbocycles. The Hall–Kier alpha value is -2.58. The first kappa shape index (κ1) is 18.2. The maximum absolute atomic E-state index is 13.3. The number of nitrogens with zero attached hydrogens (tertiary/aromatic N) is 3. The van der Waals surface area contributed by atoms with Crippen molar-refractivity contribution in [2.75, 3.05) is 17.2 Å². The summed E-state index contributed by atoms with van der Waals surface area (Å²) >= 11 is 3.34. The number of hydrogen-bond donors (Lipinski definition) is 3. The third kappa shape index (κ3) is 4.53. The fourth-order valence-electron chi connectivity index (χ4n) is 2.24. The zero-order valence-corrected chi connectivity index (χ0v) is 15.5. The number of aliphatic hydroxyl groups is 1. The van der Waals surface area contributed by atoms with Crippen molar-refractivity contribution in [2.45, 2.75) is 13.0 Å². The van der Waals surface area contributed by atoms with Crippen LogP contribution in [0.25, 0.3) is 11.3 Å². The summed E-state index contributed by atoms with van der Waals surface area (Å²) in [4.78, 5) is 12.9. The Balaban J connectivity index is 1.98. The van der Waals surface area contributed by atoms with E-state index in [4.69, 9.17) is 0 Å². The van der Waals surface area contributed by atoms with E-state index in [-0.39, 0.29) is 18.5 Å². The lowest BCUT2D eigenvalue weighted by Gasteiger charge is -2.14. The van der Waals surface area contributed by atoms with Crippen molar-refractivity contribution in [1.29, 1.82) is 0 Å². The number of aliphatic hydroxyl groups excluding tert-OH is 1. The molecule has 134 valence electrons. The van der Waals surface area contributed by atoms with E-state index in [0.29, 0.717) is 27.6 Å². The van der Waals surface area contributed by atoms with Gasteiger partial charge in [0.1, 0.15) is 11.6 Å². The Morgan fingerprint density at radius 1 is 1.15 bits per heavy atom. The SMILES string of the molecule is C[C@@H](CO)Nc1nc(Nc2ccc(F)cc2Br)cc(-c2ccncc2)n1. The maximum Gasteiger partial charge on any atom is 0.225 e. The molecule has 26 heavy (non-hydrogen) atoms. The molecule has 0 aliphatic rings. The molecule has 3 N–H and O–H groups in total. The average molecular weight is 418 g/mol. The number of aromatic nitrogens is 3. The van der Waals surface area contributed by atoms with E-state index in [0.717, 1.165) is 5.56 Å². The number of rotatable bonds is 6. The molecule has 0 saturated heterocycles. The van der Waals surface area contributed by atoms with Crippen molar-refractivity contribution < 1.29 is 9.50 Å². The van der Waals surface area contributed by atoms with Crippen LogP contribution in [0.4, 0.5) is 21.8 Å². The lowest BCUT2D eigenvalue weighted by molar-refractivity contribution is 0.281. The summed E-state index contributed by atoms with van der Waals surface area (Å²) in [6, 6.07) is 9.65. The number of halogens is 2. The summed E-state index contributed by atoms with van der Waals surface area (Å²) in [5.74, 6) is 0.579. The molecule has 0 amide bonds. The molecule has 0 aliphatic heterocycles. The van der Waals surface area contributed by atoms with E-state index < -0.39 is 0 Å². The highest BCUT2D eigenvalue weighted by Crippen LogP contribution is 2.28. The summed E-state index contributed by atoms with van der Waals surface area (Å²) in [5, 5.41) is 15.5. The number of nitrogens with one attached hydrogen (secondary N) is 2. The predicted octanol–water partition coefficient (Wildman–Crippen LogP) is 3.98. The minimum Gasteiger partial charge on any atom is -0.394 e. The molecule has 0 fully saturated rings. The Morgan fingerprint density at radius 3 is 2.62 bits per heavy atom. The van der Waals surface area contributed by atoms with Gasteiger partial charge in [0.2, 0.25) is 5.95 Å². The van der Waals surface area contributed by atoms with Crippen molar-refractivity contribution in [3.63, 3.8) is 0 Å². The van der Waals surface area contributed by atoms with Crippen LogP contribution in [0.3, 0.4) is 0 Å². The minimum atomic E-state index is -0.332. The van der Waals surface area contributed by atoms with E-state index in [1.54, 1.807) is 24.5 Å². The molecule has 1 atom stereocenters. The lowest BCUT2D eigenvalue weighted by atomic mass is 10.2. The Kier molecular flexibility index (Phi) is 5.75. The van der Waals surface area contributed by atoms with Gasteiger partial charge < -0.3 is 15.7 Å². The molecule has 0 bridgehead atoms. The summed E-state index contributed by atoms with van der Waals surface area (Å²) in [5.41, 5.74) is 2.24. The molecule has 3 rings (SSSR count). The lowest BCUT2D eigenvalue weighted by Crippen LogP contribution is -2.21. The van der Waals surface area contributed by atoms with Gasteiger partial charge in [-0.3, -0.25) is 4.98 Å². The normalized spacial score (nSPS) is 11.8. The number of benzene rings is 1. The first-order valence-electron chi connectivity index (χ1n) is 7.94. The molecular weight excluding hydrogens is 401 g/mol. The standard InChI is InChI=1S/C18H17BrFN5O/c1-11(10-26)22-18-24-16(12-4-6-21-7-5-12)9-17(25-18)23-15-3-2-13(20)8-14(15)19/h2-9,11,26H,10H2,1H3,(H2,22,23,24,25)/t11-/m0/s1. The third-order valence-corrected chi connectivity index (χ3v) is 4.20. The average Bonchev–Trinajstić information content (AvgIpc) is 2.64. The molecule has 6 nitrogen and oxygen atoms in total. The van der Waals surface area contributed by atoms with Gasteiger partial charge >= 0.3 is 0 Å². The van der Waals surface area contributed by atoms with Crippen LogP contribution in [0.5, 0.6) is 0 Å². The maximum atomic E-state index is 13.3. The second-order valence-corrected chi connectivity index (χ2v) is 6.53. The van der Waals surface area contributed by atoms with Crippen molar-refractivity contribution in [1.82, 2.24) is 15.0 Å². The van der Waals surface area contributed by atoms with Crippen LogP contribution in [-0.4, -0.2) is 32.7 Å². The molecule has 8 heteroatoms. The fourth-order valence-corrected chi connectivity index (χ4v) is 2.69. The van der Waals surface area contributed by atoms with Gasteiger partial charge in [0.15, 0.2) is 0 Å². The molecule has 0 saturated carbocycles. The fraction of sp³-hybridized carbons (Fsp3) is 0.167. The predicted molar refractivity (Wildman–Crippen MR) is 103 cm³/mol. The highest BCUT2D eigenvalue weighted by molar-refractivity contribution is 9.10. The van der Waals surface area contributed by atoms with Gasteiger partial charge in [-0.1, -0.05) is 0 Å². The van der Waals surface area contributed by atoms with E-state index in [2.05, 4.69) is 41.5 Å². The minimum absolute atomic E-state index is 0.0465. The van der Waals surface area contributed by atoms with Crippen LogP contribution in [0, 0.1) is 5.82 Å². The smallest absolute Gasteiger partial charge is 0.225 e. The first-order chi connectivity index (χ1) is 12.5. The van der Waals surface area contributed by atoms with Crippen molar-refractivity contribution in [3.8, 4) is 11.3 Å². The Bertz CT molecular complexity index is 894. The van der Waals surface area contributed by atoms with Crippen molar-refractivity contribution in [3.05, 3.63) is 59.1 Å². The number of hydrogen-bond acceptors (Lipinski definition) is 6. The summed E-state index contributed by atoms with van der Waals surface area (Å²) in [6.07, 6.45) is 3.37. The quantitative estimate of drug-likeness (QED) is 0.562. The highest BCUT2D eigenvalue weighted by atomic mass is 79.9. The summed E-state index contributed by atoms with van der Waals surface area (Å²) in [7, 11) is 0. The Morgan fingerprint density at radius 2 is 1.92 bits per heavy atom. The second kappa shape index (κ2) is 8.20. The van der Waals surface area contributed by atoms with E-state index >= 15 is 0 Å². The summed E-state index contributed by atoms with van der Waals surface area (Å²) in [6.45, 7) is 1.78. The molecule has 1 aromatic carbocycles. The van der Waals surface area contributed by atoms with Crippen LogP contribution in [0.1, 0.15) is 6.92 Å². The number of anilines is 3. The van der Waals surface area contributed by atoms with Crippen molar-refractivity contribution in [2.24, 2.45) is 0 Å². The Labute approximate surface area is 158 Å². The zero-order chi connectivity index (χ0) is 18.5. The van der Waals surface area contributed by atoms with Crippen LogP contribution in [0.2, 0.25) is 0 Å². The molecule has 0 spiro atoms. The topological polar surface area (TPSA) is 83.0 Å². The van der Waals surface area contributed by atoms with Gasteiger partial charge in [-0.05, 0) is 53.2 Å². The largest absolute Gasteiger partial charge is 0.394 e. The van der Waals surface area contributed by atoms with Gasteiger partial charge in [0.05, 0.1) is 18.0 Å². The van der Waals surface area contributed by atoms with E-state index in [9.17, 15) is 9.50 Å². The van der Waals surface area contributed by atoms with Crippen LogP contribution in [-0.2, 0) is 0 Å². The molecular formula is C18H17BrFN5O. The molecule has 0 radical (unpaired) electrons. The second-order valence-electron chi connectivity index (χ2n) is 5.68. The molecule has 0 unspecified atom stereocenters. The van der Waals surface area contributed by atoms with Gasteiger partial charge in [0.25, 0.3) is 0 Å². The molecule has 2 aromatic heterocycles. The third-order valence-electron chi connectivity index (χ3n) is 3.55. The van der Waals surface area contributed by atoms with Gasteiger partial charge in [0, 0.05) is 34.5 Å². The van der Waals surface area contributed by atoms with Crippen molar-refractivity contribution >= 4 is 33.4 Å². The number of pyridine rings is 1. The van der Waals surface area contributed by atoms with E-state index in [1.807, 2.05) is 19.1 Å². The molecule has 2 heterocycles. The van der Waals surface area contributed by atoms with Gasteiger partial charge in [-0.15, -0.1) is 0 Å². The highest BCUT2D eigenvalue weighted by Gasteiger charge is 2.10. The van der Waals surface area contributed by atoms with E-state index in [1.165, 1.54) is 12.1 Å². The zero-order valence-electron chi connectivity index (χ0n) is 13.9. The first-order valence-corrected chi connectivity index (χ1v) is 8.73. The molecule has 3 aromatic rings. The van der Waals surface area contributed by atoms with Crippen LogP contribution >= 0.6 is 15.9 Å². The van der Waals surface area contributed by atoms with Gasteiger partial charge in [-0.25, -0.2) is 9.37 Å². The summed E-state index contributed by atoms with van der Waals surface area (Å²) < 4.78 is 13.9. The van der Waals surface area contributed by atoms with Crippen LogP contribution < -0.4 is 10.6 Å². The van der Waals surface area contributed by atoms with Crippen LogP contribution in [0.15, 0.2) is 53.3 Å².